The van der Waals surface area contributed by atoms with Gasteiger partial charge in [-0.05, 0) is 77.3 Å². The predicted molar refractivity (Wildman–Crippen MR) is 230 cm³/mol. The molecule has 324 valence electrons. The van der Waals surface area contributed by atoms with Crippen LogP contribution < -0.4 is 5.14 Å². The van der Waals surface area contributed by atoms with E-state index in [0.29, 0.717) is 19.4 Å². The second-order valence-corrected chi connectivity index (χ2v) is 16.9. The zero-order chi connectivity index (χ0) is 40.7. The van der Waals surface area contributed by atoms with Gasteiger partial charge in [-0.25, -0.2) is 13.6 Å². The molecule has 0 aromatic heterocycles. The molecule has 10 heteroatoms. The van der Waals surface area contributed by atoms with E-state index >= 15 is 0 Å². The molecule has 0 aromatic carbocycles. The monoisotopic (exact) mass is 799 g/mol. The summed E-state index contributed by atoms with van der Waals surface area (Å²) in [7, 11) is -4.36. The lowest BCUT2D eigenvalue weighted by Crippen LogP contribution is -2.46. The third-order valence-electron chi connectivity index (χ3n) is 10.2. The van der Waals surface area contributed by atoms with E-state index < -0.39 is 33.5 Å². The van der Waals surface area contributed by atoms with Gasteiger partial charge in [0.15, 0.2) is 0 Å². The zero-order valence-electron chi connectivity index (χ0n) is 36.1. The molecule has 0 amide bonds. The highest BCUT2D eigenvalue weighted by Crippen LogP contribution is 2.16. The van der Waals surface area contributed by atoms with Gasteiger partial charge >= 0.3 is 11.9 Å². The average Bonchev–Trinajstić information content (AvgIpc) is 3.16. The summed E-state index contributed by atoms with van der Waals surface area (Å²) in [4.78, 5) is 27.5. The van der Waals surface area contributed by atoms with Crippen molar-refractivity contribution in [3.63, 3.8) is 0 Å². The molecule has 2 unspecified atom stereocenters. The van der Waals surface area contributed by atoms with Crippen LogP contribution in [0.1, 0.15) is 207 Å². The summed E-state index contributed by atoms with van der Waals surface area (Å²) in [5, 5.41) is 5.56. The maximum absolute atomic E-state index is 12.8. The molecular weight excluding hydrogens is 713 g/mol. The number of carbonyl (C=O) groups is 2. The minimum absolute atomic E-state index is 0.0889. The first kappa shape index (κ1) is 53.2. The Labute approximate surface area is 339 Å². The summed E-state index contributed by atoms with van der Waals surface area (Å²) in [6.07, 6.45) is 38.3. The van der Waals surface area contributed by atoms with Crippen molar-refractivity contribution in [3.05, 3.63) is 24.3 Å². The van der Waals surface area contributed by atoms with Crippen molar-refractivity contribution in [2.75, 3.05) is 32.8 Å². The fourth-order valence-corrected chi connectivity index (χ4v) is 7.37. The van der Waals surface area contributed by atoms with E-state index in [-0.39, 0.29) is 26.1 Å². The molecule has 0 saturated heterocycles. The van der Waals surface area contributed by atoms with Gasteiger partial charge in [0.2, 0.25) is 15.5 Å². The SMILES string of the molecule is CCCCCCCC/C=C\CCCCCCCC(=O)OCC(OCCN(CC)CC)C(OC(=O)CCCCCCC/C=C\CCCCCCCC)S(N)(=O)=O. The minimum Gasteiger partial charge on any atom is -0.463 e. The normalized spacial score (nSPS) is 13.3. The molecule has 0 aliphatic carbocycles. The molecule has 9 nitrogen and oxygen atoms in total. The number of nitrogens with zero attached hydrogens (tertiary/aromatic N) is 1. The fourth-order valence-electron chi connectivity index (χ4n) is 6.55. The quantitative estimate of drug-likeness (QED) is 0.0368. The van der Waals surface area contributed by atoms with Crippen LogP contribution in [-0.4, -0.2) is 69.6 Å². The summed E-state index contributed by atoms with van der Waals surface area (Å²) in [5.41, 5.74) is -1.76. The molecule has 55 heavy (non-hydrogen) atoms. The van der Waals surface area contributed by atoms with Crippen molar-refractivity contribution in [1.82, 2.24) is 4.90 Å². The molecule has 0 fully saturated rings. The van der Waals surface area contributed by atoms with E-state index in [2.05, 4.69) is 43.1 Å². The van der Waals surface area contributed by atoms with Crippen LogP contribution in [0.25, 0.3) is 0 Å². The predicted octanol–water partition coefficient (Wildman–Crippen LogP) is 11.5. The number of esters is 2. The number of carbonyl (C=O) groups excluding carboxylic acids is 2. The maximum Gasteiger partial charge on any atom is 0.307 e. The lowest BCUT2D eigenvalue weighted by atomic mass is 10.1. The van der Waals surface area contributed by atoms with Crippen LogP contribution in [0, 0.1) is 0 Å². The average molecular weight is 799 g/mol. The Balaban J connectivity index is 4.58. The van der Waals surface area contributed by atoms with Gasteiger partial charge < -0.3 is 19.1 Å². The second-order valence-electron chi connectivity index (χ2n) is 15.2. The van der Waals surface area contributed by atoms with Crippen LogP contribution in [-0.2, 0) is 33.8 Å². The third kappa shape index (κ3) is 35.2. The summed E-state index contributed by atoms with van der Waals surface area (Å²) in [5.74, 6) is -1.07. The van der Waals surface area contributed by atoms with E-state index in [4.69, 9.17) is 19.3 Å². The molecular formula is C45H86N2O7S. The van der Waals surface area contributed by atoms with Gasteiger partial charge in [-0.15, -0.1) is 0 Å². The molecule has 0 bridgehead atoms. The summed E-state index contributed by atoms with van der Waals surface area (Å²) in [6, 6.07) is 0. The Kier molecular flexibility index (Phi) is 37.8. The Hall–Kier alpha value is -1.75. The molecule has 0 heterocycles. The molecule has 0 aliphatic rings. The Morgan fingerprint density at radius 2 is 0.945 bits per heavy atom. The lowest BCUT2D eigenvalue weighted by molar-refractivity contribution is -0.159. The molecule has 0 saturated carbocycles. The van der Waals surface area contributed by atoms with Crippen molar-refractivity contribution in [1.29, 1.82) is 0 Å². The molecule has 0 radical (unpaired) electrons. The lowest BCUT2D eigenvalue weighted by Gasteiger charge is -2.27. The van der Waals surface area contributed by atoms with Crippen LogP contribution in [0.5, 0.6) is 0 Å². The van der Waals surface area contributed by atoms with Gasteiger partial charge in [0, 0.05) is 19.4 Å². The van der Waals surface area contributed by atoms with E-state index in [1.54, 1.807) is 0 Å². The number of unbranched alkanes of at least 4 members (excludes halogenated alkanes) is 22. The van der Waals surface area contributed by atoms with Crippen molar-refractivity contribution in [3.8, 4) is 0 Å². The highest BCUT2D eigenvalue weighted by molar-refractivity contribution is 7.89. The largest absolute Gasteiger partial charge is 0.463 e. The van der Waals surface area contributed by atoms with E-state index in [1.807, 2.05) is 13.8 Å². The van der Waals surface area contributed by atoms with Crippen LogP contribution in [0.2, 0.25) is 0 Å². The van der Waals surface area contributed by atoms with E-state index in [9.17, 15) is 18.0 Å². The van der Waals surface area contributed by atoms with Crippen molar-refractivity contribution in [2.45, 2.75) is 219 Å². The number of ether oxygens (including phenoxy) is 3. The van der Waals surface area contributed by atoms with Gasteiger partial charge in [-0.1, -0.05) is 155 Å². The topological polar surface area (TPSA) is 125 Å². The number of likely N-dealkylation sites (N-methyl/N-ethyl adjacent to an activating group) is 1. The van der Waals surface area contributed by atoms with Crippen LogP contribution in [0.15, 0.2) is 24.3 Å². The highest BCUT2D eigenvalue weighted by Gasteiger charge is 2.36. The van der Waals surface area contributed by atoms with E-state index in [0.717, 1.165) is 83.7 Å². The standard InChI is InChI=1S/C45H86N2O7S/c1-5-9-11-13-15-17-19-21-23-25-27-29-31-33-35-37-43(48)53-41-42(52-40-39-47(7-3)8-4)45(55(46,50)51)54-44(49)38-36-34-32-30-28-26-24-22-20-18-16-14-12-10-6-2/h21-24,42,45H,5-20,25-41H2,1-4H3,(H2,46,50,51)/b23-21-,24-22-. The number of allylic oxidation sites excluding steroid dienone is 4. The van der Waals surface area contributed by atoms with Gasteiger partial charge in [0.05, 0.1) is 6.61 Å². The fraction of sp³-hybridized carbons (Fsp3) is 0.867. The number of primary sulfonamides is 1. The van der Waals surface area contributed by atoms with E-state index in [1.165, 1.54) is 83.5 Å². The number of hydrogen-bond acceptors (Lipinski definition) is 8. The van der Waals surface area contributed by atoms with Crippen molar-refractivity contribution in [2.24, 2.45) is 5.14 Å². The maximum atomic E-state index is 12.8. The van der Waals surface area contributed by atoms with Gasteiger partial charge in [-0.2, -0.15) is 0 Å². The van der Waals surface area contributed by atoms with Gasteiger partial charge in [-0.3, -0.25) is 9.59 Å². The van der Waals surface area contributed by atoms with Crippen molar-refractivity contribution < 1.29 is 32.2 Å². The number of nitrogens with two attached hydrogens (primary N) is 1. The Morgan fingerprint density at radius 1 is 0.564 bits per heavy atom. The van der Waals surface area contributed by atoms with Crippen LogP contribution in [0.4, 0.5) is 0 Å². The molecule has 0 spiro atoms. The second kappa shape index (κ2) is 39.1. The molecule has 2 N–H and O–H groups in total. The minimum atomic E-state index is -4.36. The molecule has 0 aromatic rings. The van der Waals surface area contributed by atoms with Gasteiger partial charge in [0.1, 0.15) is 12.7 Å². The molecule has 2 atom stereocenters. The summed E-state index contributed by atoms with van der Waals surface area (Å²) >= 11 is 0. The van der Waals surface area contributed by atoms with Crippen LogP contribution >= 0.6 is 0 Å². The number of rotatable bonds is 41. The first-order valence-corrected chi connectivity index (χ1v) is 24.3. The molecule has 0 aliphatic heterocycles. The van der Waals surface area contributed by atoms with Crippen LogP contribution in [0.3, 0.4) is 0 Å². The summed E-state index contributed by atoms with van der Waals surface area (Å²) < 4.78 is 42.2. The first-order valence-electron chi connectivity index (χ1n) is 22.7. The first-order chi connectivity index (χ1) is 26.7. The van der Waals surface area contributed by atoms with Crippen molar-refractivity contribution >= 4 is 22.0 Å². The number of hydrogen-bond donors (Lipinski definition) is 1. The number of sulfonamides is 1. The summed E-state index contributed by atoms with van der Waals surface area (Å²) in [6.45, 7) is 10.5. The Morgan fingerprint density at radius 3 is 1.35 bits per heavy atom. The molecule has 0 rings (SSSR count). The smallest absolute Gasteiger partial charge is 0.307 e. The van der Waals surface area contributed by atoms with Gasteiger partial charge in [0.25, 0.3) is 0 Å². The highest BCUT2D eigenvalue weighted by atomic mass is 32.2. The Bertz CT molecular complexity index is 1050. The third-order valence-corrected chi connectivity index (χ3v) is 11.3. The zero-order valence-corrected chi connectivity index (χ0v) is 36.9.